The van der Waals surface area contributed by atoms with Gasteiger partial charge in [0.2, 0.25) is 0 Å². The molecule has 1 heterocycles. The molecule has 20 heavy (non-hydrogen) atoms. The summed E-state index contributed by atoms with van der Waals surface area (Å²) in [5, 5.41) is 9.95. The fourth-order valence-electron chi connectivity index (χ4n) is 2.09. The van der Waals surface area contributed by atoms with E-state index in [-0.39, 0.29) is 19.1 Å². The zero-order valence-electron chi connectivity index (χ0n) is 11.2. The first-order valence-electron chi connectivity index (χ1n) is 6.28. The predicted molar refractivity (Wildman–Crippen MR) is 81.8 cm³/mol. The lowest BCUT2D eigenvalue weighted by Crippen LogP contribution is -2.33. The van der Waals surface area contributed by atoms with Crippen LogP contribution in [-0.2, 0) is 0 Å². The Kier molecular flexibility index (Phi) is 4.62. The van der Waals surface area contributed by atoms with Crippen molar-refractivity contribution in [3.8, 4) is 0 Å². The predicted octanol–water partition coefficient (Wildman–Crippen LogP) is 3.12. The van der Waals surface area contributed by atoms with Crippen molar-refractivity contribution in [3.05, 3.63) is 46.7 Å². The average Bonchev–Trinajstić information content (AvgIpc) is 2.75. The number of fused-ring (bicyclic) bond motifs is 1. The standard InChI is InChI=1S/C15H16BrNO3/c1-3-6-17(7-8-18)15(19)14-10(2)12-9-11(16)4-5-13(12)20-14/h3-5,9,18H,1,6-8H2,2H3. The number of carbonyl (C=O) groups excluding carboxylic acids is 1. The molecular formula is C15H16BrNO3. The van der Waals surface area contributed by atoms with E-state index >= 15 is 0 Å². The summed E-state index contributed by atoms with van der Waals surface area (Å²) in [6.45, 7) is 6.02. The lowest BCUT2D eigenvalue weighted by atomic mass is 10.1. The van der Waals surface area contributed by atoms with Gasteiger partial charge >= 0.3 is 0 Å². The minimum absolute atomic E-state index is 0.0929. The number of hydrogen-bond donors (Lipinski definition) is 1. The minimum atomic E-state index is -0.233. The average molecular weight is 338 g/mol. The van der Waals surface area contributed by atoms with Crippen LogP contribution >= 0.6 is 15.9 Å². The second-order valence-electron chi connectivity index (χ2n) is 4.46. The third-order valence-corrected chi connectivity index (χ3v) is 3.59. The van der Waals surface area contributed by atoms with Gasteiger partial charge in [-0.25, -0.2) is 0 Å². The van der Waals surface area contributed by atoms with Crippen LogP contribution in [0.3, 0.4) is 0 Å². The van der Waals surface area contributed by atoms with E-state index in [1.54, 1.807) is 6.08 Å². The molecule has 0 bridgehead atoms. The number of aliphatic hydroxyl groups excluding tert-OH is 1. The van der Waals surface area contributed by atoms with Crippen LogP contribution in [0.15, 0.2) is 39.7 Å². The molecule has 1 N–H and O–H groups in total. The van der Waals surface area contributed by atoms with E-state index in [1.165, 1.54) is 4.90 Å². The van der Waals surface area contributed by atoms with Crippen LogP contribution in [0.25, 0.3) is 11.0 Å². The smallest absolute Gasteiger partial charge is 0.290 e. The number of rotatable bonds is 5. The number of furan rings is 1. The molecule has 0 fully saturated rings. The highest BCUT2D eigenvalue weighted by Gasteiger charge is 2.22. The summed E-state index contributed by atoms with van der Waals surface area (Å²) in [6, 6.07) is 5.62. The van der Waals surface area contributed by atoms with Crippen LogP contribution in [0.1, 0.15) is 16.1 Å². The van der Waals surface area contributed by atoms with Crippen LogP contribution in [0.5, 0.6) is 0 Å². The Morgan fingerprint density at radius 2 is 2.30 bits per heavy atom. The first-order valence-corrected chi connectivity index (χ1v) is 7.07. The number of amides is 1. The van der Waals surface area contributed by atoms with Crippen molar-refractivity contribution in [1.29, 1.82) is 0 Å². The molecule has 4 nitrogen and oxygen atoms in total. The van der Waals surface area contributed by atoms with E-state index in [0.717, 1.165) is 15.4 Å². The zero-order valence-corrected chi connectivity index (χ0v) is 12.8. The van der Waals surface area contributed by atoms with Crippen molar-refractivity contribution < 1.29 is 14.3 Å². The van der Waals surface area contributed by atoms with E-state index in [0.29, 0.717) is 17.9 Å². The molecule has 106 valence electrons. The molecule has 0 saturated heterocycles. The van der Waals surface area contributed by atoms with Crippen LogP contribution in [0.2, 0.25) is 0 Å². The molecule has 0 spiro atoms. The van der Waals surface area contributed by atoms with Gasteiger partial charge in [-0.15, -0.1) is 6.58 Å². The van der Waals surface area contributed by atoms with Crippen LogP contribution in [0.4, 0.5) is 0 Å². The van der Waals surface area contributed by atoms with Gasteiger partial charge in [0.15, 0.2) is 5.76 Å². The number of carbonyl (C=O) groups is 1. The molecular weight excluding hydrogens is 322 g/mol. The molecule has 5 heteroatoms. The summed E-state index contributed by atoms with van der Waals surface area (Å²) in [7, 11) is 0. The highest BCUT2D eigenvalue weighted by Crippen LogP contribution is 2.28. The number of aliphatic hydroxyl groups is 1. The van der Waals surface area contributed by atoms with Gasteiger partial charge in [0.25, 0.3) is 5.91 Å². The Morgan fingerprint density at radius 3 is 2.95 bits per heavy atom. The molecule has 0 aliphatic carbocycles. The van der Waals surface area contributed by atoms with Gasteiger partial charge in [0, 0.05) is 28.5 Å². The molecule has 2 aromatic rings. The van der Waals surface area contributed by atoms with Gasteiger partial charge in [0.1, 0.15) is 5.58 Å². The van der Waals surface area contributed by atoms with Gasteiger partial charge in [-0.2, -0.15) is 0 Å². The van der Waals surface area contributed by atoms with Crippen LogP contribution < -0.4 is 0 Å². The van der Waals surface area contributed by atoms with E-state index < -0.39 is 0 Å². The van der Waals surface area contributed by atoms with E-state index in [1.807, 2.05) is 25.1 Å². The summed E-state index contributed by atoms with van der Waals surface area (Å²) in [6.07, 6.45) is 1.63. The Hall–Kier alpha value is -1.59. The summed E-state index contributed by atoms with van der Waals surface area (Å²) < 4.78 is 6.60. The normalized spacial score (nSPS) is 10.8. The van der Waals surface area contributed by atoms with Crippen LogP contribution in [-0.4, -0.2) is 35.6 Å². The van der Waals surface area contributed by atoms with Crippen molar-refractivity contribution in [2.24, 2.45) is 0 Å². The molecule has 0 radical (unpaired) electrons. The fraction of sp³-hybridized carbons (Fsp3) is 0.267. The van der Waals surface area contributed by atoms with Crippen molar-refractivity contribution in [2.45, 2.75) is 6.92 Å². The van der Waals surface area contributed by atoms with Gasteiger partial charge in [0.05, 0.1) is 6.61 Å². The van der Waals surface area contributed by atoms with Gasteiger partial charge in [-0.05, 0) is 25.1 Å². The maximum atomic E-state index is 12.5. The topological polar surface area (TPSA) is 53.7 Å². The molecule has 0 unspecified atom stereocenters. The van der Waals surface area contributed by atoms with E-state index in [4.69, 9.17) is 9.52 Å². The summed E-state index contributed by atoms with van der Waals surface area (Å²) in [5.41, 5.74) is 1.48. The largest absolute Gasteiger partial charge is 0.451 e. The first-order chi connectivity index (χ1) is 9.58. The van der Waals surface area contributed by atoms with E-state index in [2.05, 4.69) is 22.5 Å². The van der Waals surface area contributed by atoms with Crippen molar-refractivity contribution in [1.82, 2.24) is 4.90 Å². The van der Waals surface area contributed by atoms with Crippen molar-refractivity contribution in [3.63, 3.8) is 0 Å². The second-order valence-corrected chi connectivity index (χ2v) is 5.38. The van der Waals surface area contributed by atoms with Gasteiger partial charge < -0.3 is 14.4 Å². The molecule has 1 aromatic carbocycles. The van der Waals surface area contributed by atoms with Crippen molar-refractivity contribution in [2.75, 3.05) is 19.7 Å². The zero-order chi connectivity index (χ0) is 14.7. The van der Waals surface area contributed by atoms with Crippen LogP contribution in [0, 0.1) is 6.92 Å². The molecule has 0 aliphatic heterocycles. The molecule has 0 atom stereocenters. The van der Waals surface area contributed by atoms with E-state index in [9.17, 15) is 4.79 Å². The molecule has 2 rings (SSSR count). The number of halogens is 1. The highest BCUT2D eigenvalue weighted by molar-refractivity contribution is 9.10. The quantitative estimate of drug-likeness (QED) is 0.853. The summed E-state index contributed by atoms with van der Waals surface area (Å²) in [5.74, 6) is 0.0807. The second kappa shape index (κ2) is 6.24. The van der Waals surface area contributed by atoms with Gasteiger partial charge in [-0.1, -0.05) is 22.0 Å². The molecule has 0 aliphatic rings. The SMILES string of the molecule is C=CCN(CCO)C(=O)c1oc2ccc(Br)cc2c1C. The van der Waals surface area contributed by atoms with Crippen molar-refractivity contribution >= 4 is 32.8 Å². The summed E-state index contributed by atoms with van der Waals surface area (Å²) in [4.78, 5) is 14.0. The Morgan fingerprint density at radius 1 is 1.55 bits per heavy atom. The Balaban J connectivity index is 2.43. The Bertz CT molecular complexity index is 648. The third-order valence-electron chi connectivity index (χ3n) is 3.10. The first kappa shape index (κ1) is 14.8. The number of benzene rings is 1. The Labute approximate surface area is 125 Å². The number of aryl methyl sites for hydroxylation is 1. The summed E-state index contributed by atoms with van der Waals surface area (Å²) >= 11 is 3.41. The monoisotopic (exact) mass is 337 g/mol. The maximum absolute atomic E-state index is 12.5. The minimum Gasteiger partial charge on any atom is -0.451 e. The fourth-order valence-corrected chi connectivity index (χ4v) is 2.45. The lowest BCUT2D eigenvalue weighted by molar-refractivity contribution is 0.0712. The molecule has 0 saturated carbocycles. The number of nitrogens with zero attached hydrogens (tertiary/aromatic N) is 1. The van der Waals surface area contributed by atoms with Gasteiger partial charge in [-0.3, -0.25) is 4.79 Å². The maximum Gasteiger partial charge on any atom is 0.290 e. The lowest BCUT2D eigenvalue weighted by Gasteiger charge is -2.18. The third kappa shape index (κ3) is 2.78. The number of hydrogen-bond acceptors (Lipinski definition) is 3. The molecule has 1 aromatic heterocycles. The molecule has 1 amide bonds. The highest BCUT2D eigenvalue weighted by atomic mass is 79.9.